The SMILES string of the molecule is CC(=Cc1ccccc1)C1CC1NC1CCC(NCCC(=O)O)CC1. The van der Waals surface area contributed by atoms with E-state index in [2.05, 4.69) is 54.0 Å². The van der Waals surface area contributed by atoms with Crippen LogP contribution in [0.3, 0.4) is 0 Å². The average Bonchev–Trinajstić information content (AvgIpc) is 3.36. The predicted molar refractivity (Wildman–Crippen MR) is 101 cm³/mol. The minimum atomic E-state index is -0.721. The number of hydrogen-bond acceptors (Lipinski definition) is 3. The highest BCUT2D eigenvalue weighted by atomic mass is 16.4. The molecule has 0 heterocycles. The Morgan fingerprint density at radius 1 is 1.16 bits per heavy atom. The van der Waals surface area contributed by atoms with E-state index in [0.717, 1.165) is 12.8 Å². The minimum absolute atomic E-state index is 0.217. The molecule has 3 N–H and O–H groups in total. The minimum Gasteiger partial charge on any atom is -0.481 e. The number of carboxylic acids is 1. The molecule has 0 aliphatic heterocycles. The van der Waals surface area contributed by atoms with Gasteiger partial charge in [0.15, 0.2) is 0 Å². The second-order valence-electron chi connectivity index (χ2n) is 7.56. The summed E-state index contributed by atoms with van der Waals surface area (Å²) in [6.07, 6.45) is 8.46. The maximum Gasteiger partial charge on any atom is 0.304 e. The van der Waals surface area contributed by atoms with E-state index in [1.165, 1.54) is 30.4 Å². The van der Waals surface area contributed by atoms with E-state index in [9.17, 15) is 4.79 Å². The molecule has 2 unspecified atom stereocenters. The Balaban J connectivity index is 1.36. The third kappa shape index (κ3) is 5.68. The quantitative estimate of drug-likeness (QED) is 0.677. The number of nitrogens with one attached hydrogen (secondary N) is 2. The van der Waals surface area contributed by atoms with Gasteiger partial charge in [0, 0.05) is 24.7 Å². The van der Waals surface area contributed by atoms with Crippen LogP contribution in [0.15, 0.2) is 35.9 Å². The Labute approximate surface area is 150 Å². The summed E-state index contributed by atoms with van der Waals surface area (Å²) >= 11 is 0. The second-order valence-corrected chi connectivity index (χ2v) is 7.56. The lowest BCUT2D eigenvalue weighted by atomic mass is 9.91. The maximum atomic E-state index is 10.6. The molecule has 2 aliphatic rings. The third-order valence-electron chi connectivity index (χ3n) is 5.52. The van der Waals surface area contributed by atoms with Gasteiger partial charge in [-0.25, -0.2) is 0 Å². The van der Waals surface area contributed by atoms with Crippen LogP contribution in [0.5, 0.6) is 0 Å². The molecule has 2 atom stereocenters. The zero-order valence-corrected chi connectivity index (χ0v) is 15.1. The highest BCUT2D eigenvalue weighted by molar-refractivity contribution is 5.66. The summed E-state index contributed by atoms with van der Waals surface area (Å²) in [5, 5.41) is 15.9. The van der Waals surface area contributed by atoms with E-state index >= 15 is 0 Å². The number of carbonyl (C=O) groups is 1. The lowest BCUT2D eigenvalue weighted by molar-refractivity contribution is -0.136. The van der Waals surface area contributed by atoms with Crippen LogP contribution >= 0.6 is 0 Å². The Bertz CT molecular complexity index is 591. The normalized spacial score (nSPS) is 29.4. The van der Waals surface area contributed by atoms with Gasteiger partial charge in [-0.2, -0.15) is 0 Å². The molecule has 1 aromatic rings. The Hall–Kier alpha value is -1.65. The van der Waals surface area contributed by atoms with Crippen molar-refractivity contribution in [1.82, 2.24) is 10.6 Å². The molecule has 2 fully saturated rings. The molecule has 0 spiro atoms. The fourth-order valence-corrected chi connectivity index (χ4v) is 3.95. The zero-order chi connectivity index (χ0) is 17.6. The standard InChI is InChI=1S/C21H30N2O2/c1-15(13-16-5-3-2-4-6-16)19-14-20(19)23-18-9-7-17(8-10-18)22-12-11-21(24)25/h2-6,13,17-20,22-23H,7-12,14H2,1H3,(H,24,25). The molecule has 2 saturated carbocycles. The fourth-order valence-electron chi connectivity index (χ4n) is 3.95. The van der Waals surface area contributed by atoms with Gasteiger partial charge < -0.3 is 15.7 Å². The first-order chi connectivity index (χ1) is 12.1. The van der Waals surface area contributed by atoms with E-state index < -0.39 is 5.97 Å². The van der Waals surface area contributed by atoms with Crippen molar-refractivity contribution >= 4 is 12.0 Å². The predicted octanol–water partition coefficient (Wildman–Crippen LogP) is 3.44. The number of hydrogen-bond donors (Lipinski definition) is 3. The molecule has 0 amide bonds. The Morgan fingerprint density at radius 2 is 1.84 bits per heavy atom. The van der Waals surface area contributed by atoms with Gasteiger partial charge in [0.2, 0.25) is 0 Å². The molecule has 1 aromatic carbocycles. The van der Waals surface area contributed by atoms with Gasteiger partial charge in [0.05, 0.1) is 6.42 Å². The van der Waals surface area contributed by atoms with Crippen LogP contribution in [0.25, 0.3) is 6.08 Å². The van der Waals surface area contributed by atoms with Crippen LogP contribution in [0.2, 0.25) is 0 Å². The molecular formula is C21H30N2O2. The first kappa shape index (κ1) is 18.2. The van der Waals surface area contributed by atoms with Gasteiger partial charge in [-0.15, -0.1) is 0 Å². The Morgan fingerprint density at radius 3 is 2.52 bits per heavy atom. The summed E-state index contributed by atoms with van der Waals surface area (Å²) in [5.74, 6) is -0.0341. The van der Waals surface area contributed by atoms with Crippen molar-refractivity contribution in [2.75, 3.05) is 6.54 Å². The topological polar surface area (TPSA) is 61.4 Å². The molecule has 25 heavy (non-hydrogen) atoms. The van der Waals surface area contributed by atoms with Crippen molar-refractivity contribution in [3.63, 3.8) is 0 Å². The van der Waals surface area contributed by atoms with E-state index in [1.54, 1.807) is 0 Å². The van der Waals surface area contributed by atoms with Crippen molar-refractivity contribution in [3.8, 4) is 0 Å². The molecule has 0 bridgehead atoms. The second kappa shape index (κ2) is 8.63. The molecule has 136 valence electrons. The van der Waals surface area contributed by atoms with Crippen LogP contribution in [-0.4, -0.2) is 35.7 Å². The van der Waals surface area contributed by atoms with Gasteiger partial charge >= 0.3 is 5.97 Å². The first-order valence-corrected chi connectivity index (χ1v) is 9.56. The molecule has 4 nitrogen and oxygen atoms in total. The zero-order valence-electron chi connectivity index (χ0n) is 15.1. The monoisotopic (exact) mass is 342 g/mol. The van der Waals surface area contributed by atoms with E-state index in [4.69, 9.17) is 5.11 Å². The van der Waals surface area contributed by atoms with Crippen molar-refractivity contribution in [3.05, 3.63) is 41.5 Å². The van der Waals surface area contributed by atoms with Crippen LogP contribution in [0, 0.1) is 5.92 Å². The van der Waals surface area contributed by atoms with Crippen LogP contribution in [0.1, 0.15) is 51.0 Å². The molecule has 0 radical (unpaired) electrons. The summed E-state index contributed by atoms with van der Waals surface area (Å²) in [6.45, 7) is 2.84. The molecule has 4 heteroatoms. The summed E-state index contributed by atoms with van der Waals surface area (Å²) < 4.78 is 0. The number of benzene rings is 1. The van der Waals surface area contributed by atoms with Gasteiger partial charge in [-0.05, 0) is 50.5 Å². The maximum absolute atomic E-state index is 10.6. The summed E-state index contributed by atoms with van der Waals surface area (Å²) in [6, 6.07) is 12.3. The fraction of sp³-hybridized carbons (Fsp3) is 0.571. The summed E-state index contributed by atoms with van der Waals surface area (Å²) in [5.41, 5.74) is 2.77. The number of aliphatic carboxylic acids is 1. The van der Waals surface area contributed by atoms with Crippen molar-refractivity contribution in [1.29, 1.82) is 0 Å². The largest absolute Gasteiger partial charge is 0.481 e. The summed E-state index contributed by atoms with van der Waals surface area (Å²) in [7, 11) is 0. The number of rotatable bonds is 8. The van der Waals surface area contributed by atoms with E-state index in [0.29, 0.717) is 30.6 Å². The van der Waals surface area contributed by atoms with Gasteiger partial charge in [0.25, 0.3) is 0 Å². The average molecular weight is 342 g/mol. The smallest absolute Gasteiger partial charge is 0.304 e. The Kier molecular flexibility index (Phi) is 6.27. The molecule has 2 aliphatic carbocycles. The summed E-state index contributed by atoms with van der Waals surface area (Å²) in [4.78, 5) is 10.6. The van der Waals surface area contributed by atoms with E-state index in [1.807, 2.05) is 0 Å². The van der Waals surface area contributed by atoms with Crippen LogP contribution in [0.4, 0.5) is 0 Å². The van der Waals surface area contributed by atoms with Crippen molar-refractivity contribution in [2.45, 2.75) is 63.6 Å². The molecule has 0 aromatic heterocycles. The van der Waals surface area contributed by atoms with Crippen LogP contribution < -0.4 is 10.6 Å². The third-order valence-corrected chi connectivity index (χ3v) is 5.52. The van der Waals surface area contributed by atoms with Gasteiger partial charge in [0.1, 0.15) is 0 Å². The molecule has 0 saturated heterocycles. The lowest BCUT2D eigenvalue weighted by Gasteiger charge is -2.30. The van der Waals surface area contributed by atoms with Crippen LogP contribution in [-0.2, 0) is 4.79 Å². The first-order valence-electron chi connectivity index (χ1n) is 9.56. The number of carboxylic acid groups (broad SMARTS) is 1. The van der Waals surface area contributed by atoms with Gasteiger partial charge in [-0.3, -0.25) is 4.79 Å². The highest BCUT2D eigenvalue weighted by Crippen LogP contribution is 2.39. The lowest BCUT2D eigenvalue weighted by Crippen LogP contribution is -2.41. The molecule has 3 rings (SSSR count). The van der Waals surface area contributed by atoms with E-state index in [-0.39, 0.29) is 6.42 Å². The van der Waals surface area contributed by atoms with Gasteiger partial charge in [-0.1, -0.05) is 42.0 Å². The van der Waals surface area contributed by atoms with Crippen molar-refractivity contribution in [2.24, 2.45) is 5.92 Å². The highest BCUT2D eigenvalue weighted by Gasteiger charge is 2.39. The molecular weight excluding hydrogens is 312 g/mol. The van der Waals surface area contributed by atoms with Crippen molar-refractivity contribution < 1.29 is 9.90 Å².